The lowest BCUT2D eigenvalue weighted by atomic mass is 9.73. The molecule has 1 saturated carbocycles. The molecule has 104 valence electrons. The van der Waals surface area contributed by atoms with Crippen LogP contribution in [0.2, 0.25) is 0 Å². The van der Waals surface area contributed by atoms with Crippen molar-refractivity contribution in [1.29, 1.82) is 0 Å². The molecule has 1 heterocycles. The van der Waals surface area contributed by atoms with Crippen molar-refractivity contribution in [3.63, 3.8) is 0 Å². The summed E-state index contributed by atoms with van der Waals surface area (Å²) in [4.78, 5) is 6.28. The predicted octanol–water partition coefficient (Wildman–Crippen LogP) is 4.02. The largest absolute Gasteiger partial charge is 0.292 e. The highest BCUT2D eigenvalue weighted by Gasteiger charge is 2.50. The van der Waals surface area contributed by atoms with E-state index in [9.17, 15) is 0 Å². The van der Waals surface area contributed by atoms with E-state index in [-0.39, 0.29) is 5.60 Å². The summed E-state index contributed by atoms with van der Waals surface area (Å²) in [6, 6.07) is 11.3. The predicted molar refractivity (Wildman–Crippen MR) is 77.4 cm³/mol. The maximum atomic E-state index is 6.28. The maximum absolute atomic E-state index is 6.28. The average Bonchev–Trinajstić information content (AvgIpc) is 2.62. The topological polar surface area (TPSA) is 12.5 Å². The molecule has 3 rings (SSSR count). The molecule has 1 aliphatic carbocycles. The Morgan fingerprint density at radius 3 is 2.68 bits per heavy atom. The molecule has 0 radical (unpaired) electrons. The van der Waals surface area contributed by atoms with Crippen LogP contribution >= 0.6 is 0 Å². The SMILES string of the molecule is CC1CCC2C(C1)N(Cc1ccccc1)OC2(C)C. The van der Waals surface area contributed by atoms with Crippen LogP contribution in [0.4, 0.5) is 0 Å². The molecule has 19 heavy (non-hydrogen) atoms. The van der Waals surface area contributed by atoms with Crippen molar-refractivity contribution >= 4 is 0 Å². The number of nitrogens with zero attached hydrogens (tertiary/aromatic N) is 1. The van der Waals surface area contributed by atoms with E-state index < -0.39 is 0 Å². The van der Waals surface area contributed by atoms with Gasteiger partial charge in [0.25, 0.3) is 0 Å². The van der Waals surface area contributed by atoms with Crippen LogP contribution in [0.3, 0.4) is 0 Å². The molecule has 1 aromatic rings. The van der Waals surface area contributed by atoms with E-state index >= 15 is 0 Å². The molecule has 2 aliphatic rings. The van der Waals surface area contributed by atoms with E-state index in [4.69, 9.17) is 4.84 Å². The van der Waals surface area contributed by atoms with Crippen molar-refractivity contribution in [1.82, 2.24) is 5.06 Å². The molecule has 2 fully saturated rings. The molecular weight excluding hydrogens is 234 g/mol. The molecule has 1 aromatic carbocycles. The Hall–Kier alpha value is -0.860. The second-order valence-electron chi connectivity index (χ2n) is 6.85. The summed E-state index contributed by atoms with van der Waals surface area (Å²) < 4.78 is 0. The zero-order chi connectivity index (χ0) is 13.5. The van der Waals surface area contributed by atoms with Crippen LogP contribution in [0.25, 0.3) is 0 Å². The summed E-state index contributed by atoms with van der Waals surface area (Å²) in [7, 11) is 0. The summed E-state index contributed by atoms with van der Waals surface area (Å²) in [5.41, 5.74) is 1.34. The van der Waals surface area contributed by atoms with Gasteiger partial charge in [0.1, 0.15) is 0 Å². The fourth-order valence-electron chi connectivity index (χ4n) is 3.83. The quantitative estimate of drug-likeness (QED) is 0.795. The highest BCUT2D eigenvalue weighted by atomic mass is 16.7. The van der Waals surface area contributed by atoms with Gasteiger partial charge in [-0.2, -0.15) is 5.06 Å². The van der Waals surface area contributed by atoms with Gasteiger partial charge in [-0.15, -0.1) is 0 Å². The first-order valence-corrected chi connectivity index (χ1v) is 7.56. The normalized spacial score (nSPS) is 34.2. The summed E-state index contributed by atoms with van der Waals surface area (Å²) >= 11 is 0. The molecule has 0 spiro atoms. The van der Waals surface area contributed by atoms with Crippen molar-refractivity contribution in [2.75, 3.05) is 0 Å². The minimum Gasteiger partial charge on any atom is -0.292 e. The molecule has 3 atom stereocenters. The van der Waals surface area contributed by atoms with Crippen LogP contribution in [0.5, 0.6) is 0 Å². The standard InChI is InChI=1S/C17H25NO/c1-13-9-10-15-16(11-13)18(19-17(15,2)3)12-14-7-5-4-6-8-14/h4-8,13,15-16H,9-12H2,1-3H3. The third-order valence-corrected chi connectivity index (χ3v) is 4.88. The van der Waals surface area contributed by atoms with Gasteiger partial charge in [0, 0.05) is 18.5 Å². The Morgan fingerprint density at radius 1 is 1.21 bits per heavy atom. The van der Waals surface area contributed by atoms with E-state index in [2.05, 4.69) is 56.2 Å². The second-order valence-corrected chi connectivity index (χ2v) is 6.85. The van der Waals surface area contributed by atoms with Crippen LogP contribution in [0.15, 0.2) is 30.3 Å². The lowest BCUT2D eigenvalue weighted by Crippen LogP contribution is -2.38. The van der Waals surface area contributed by atoms with Crippen molar-refractivity contribution in [3.05, 3.63) is 35.9 Å². The van der Waals surface area contributed by atoms with Crippen molar-refractivity contribution in [2.45, 2.75) is 58.2 Å². The molecule has 3 unspecified atom stereocenters. The lowest BCUT2D eigenvalue weighted by molar-refractivity contribution is -0.201. The first kappa shape index (κ1) is 13.1. The number of benzene rings is 1. The second kappa shape index (κ2) is 4.92. The van der Waals surface area contributed by atoms with Crippen molar-refractivity contribution in [2.24, 2.45) is 11.8 Å². The molecule has 1 aliphatic heterocycles. The van der Waals surface area contributed by atoms with Gasteiger partial charge in [-0.05, 0) is 38.2 Å². The first-order valence-electron chi connectivity index (χ1n) is 7.56. The highest BCUT2D eigenvalue weighted by molar-refractivity contribution is 5.15. The van der Waals surface area contributed by atoms with E-state index in [1.807, 2.05) is 0 Å². The van der Waals surface area contributed by atoms with Gasteiger partial charge >= 0.3 is 0 Å². The molecule has 0 amide bonds. The van der Waals surface area contributed by atoms with Crippen LogP contribution in [-0.2, 0) is 11.4 Å². The number of rotatable bonds is 2. The minimum absolute atomic E-state index is 0.000410. The molecular formula is C17H25NO. The molecule has 2 heteroatoms. The zero-order valence-electron chi connectivity index (χ0n) is 12.3. The van der Waals surface area contributed by atoms with Gasteiger partial charge in [0.2, 0.25) is 0 Å². The van der Waals surface area contributed by atoms with Crippen LogP contribution < -0.4 is 0 Å². The van der Waals surface area contributed by atoms with E-state index in [0.29, 0.717) is 12.0 Å². The zero-order valence-corrected chi connectivity index (χ0v) is 12.3. The Labute approximate surface area is 116 Å². The smallest absolute Gasteiger partial charge is 0.0887 e. The van der Waals surface area contributed by atoms with E-state index in [1.54, 1.807) is 0 Å². The molecule has 1 saturated heterocycles. The van der Waals surface area contributed by atoms with Crippen molar-refractivity contribution in [3.8, 4) is 0 Å². The number of fused-ring (bicyclic) bond motifs is 1. The van der Waals surface area contributed by atoms with Crippen LogP contribution in [-0.4, -0.2) is 16.7 Å². The Morgan fingerprint density at radius 2 is 1.95 bits per heavy atom. The maximum Gasteiger partial charge on any atom is 0.0887 e. The van der Waals surface area contributed by atoms with Crippen molar-refractivity contribution < 1.29 is 4.84 Å². The van der Waals surface area contributed by atoms with Gasteiger partial charge in [0.05, 0.1) is 5.60 Å². The van der Waals surface area contributed by atoms with Crippen LogP contribution in [0.1, 0.15) is 45.6 Å². The van der Waals surface area contributed by atoms with E-state index in [1.165, 1.54) is 24.8 Å². The number of hydrogen-bond acceptors (Lipinski definition) is 2. The van der Waals surface area contributed by atoms with Gasteiger partial charge in [0.15, 0.2) is 0 Å². The van der Waals surface area contributed by atoms with E-state index in [0.717, 1.165) is 12.5 Å². The first-order chi connectivity index (χ1) is 9.06. The fourth-order valence-corrected chi connectivity index (χ4v) is 3.83. The molecule has 0 aromatic heterocycles. The number of hydrogen-bond donors (Lipinski definition) is 0. The molecule has 0 bridgehead atoms. The Bertz CT molecular complexity index is 428. The van der Waals surface area contributed by atoms with Crippen LogP contribution in [0, 0.1) is 11.8 Å². The summed E-state index contributed by atoms with van der Waals surface area (Å²) in [6.45, 7) is 7.80. The minimum atomic E-state index is -0.000410. The third-order valence-electron chi connectivity index (χ3n) is 4.88. The third kappa shape index (κ3) is 2.56. The van der Waals surface area contributed by atoms with Gasteiger partial charge in [-0.3, -0.25) is 4.84 Å². The molecule has 2 nitrogen and oxygen atoms in total. The summed E-state index contributed by atoms with van der Waals surface area (Å²) in [6.07, 6.45) is 3.94. The van der Waals surface area contributed by atoms with Gasteiger partial charge < -0.3 is 0 Å². The monoisotopic (exact) mass is 259 g/mol. The highest BCUT2D eigenvalue weighted by Crippen LogP contribution is 2.46. The number of hydroxylamine groups is 2. The Kier molecular flexibility index (Phi) is 3.40. The summed E-state index contributed by atoms with van der Waals surface area (Å²) in [5.74, 6) is 1.52. The average molecular weight is 259 g/mol. The van der Waals surface area contributed by atoms with Gasteiger partial charge in [-0.25, -0.2) is 0 Å². The summed E-state index contributed by atoms with van der Waals surface area (Å²) in [5, 5.41) is 2.26. The lowest BCUT2D eigenvalue weighted by Gasteiger charge is -2.34. The Balaban J connectivity index is 1.78. The van der Waals surface area contributed by atoms with Gasteiger partial charge in [-0.1, -0.05) is 43.7 Å². The fraction of sp³-hybridized carbons (Fsp3) is 0.647. The molecule has 0 N–H and O–H groups in total.